The summed E-state index contributed by atoms with van der Waals surface area (Å²) in [6.07, 6.45) is 8.71. The Kier molecular flexibility index (Phi) is 12.4. The summed E-state index contributed by atoms with van der Waals surface area (Å²) in [5, 5.41) is 5.93. The third-order valence-electron chi connectivity index (χ3n) is 5.96. The molecule has 2 N–H and O–H groups in total. The van der Waals surface area contributed by atoms with Crippen LogP contribution < -0.4 is 10.6 Å². The lowest BCUT2D eigenvalue weighted by Gasteiger charge is -2.34. The normalized spacial score (nSPS) is 14.9. The van der Waals surface area contributed by atoms with E-state index in [1.54, 1.807) is 12.2 Å². The van der Waals surface area contributed by atoms with Crippen molar-refractivity contribution in [3.63, 3.8) is 0 Å². The van der Waals surface area contributed by atoms with Crippen LogP contribution in [0.5, 0.6) is 0 Å². The lowest BCUT2D eigenvalue weighted by Crippen LogP contribution is -2.47. The van der Waals surface area contributed by atoms with E-state index in [1.165, 1.54) is 0 Å². The maximum absolute atomic E-state index is 12.0. The quantitative estimate of drug-likeness (QED) is 0.271. The summed E-state index contributed by atoms with van der Waals surface area (Å²) in [4.78, 5) is 28.9. The van der Waals surface area contributed by atoms with E-state index < -0.39 is 0 Å². The minimum absolute atomic E-state index is 0.0568. The molecule has 2 amide bonds. The Morgan fingerprint density at radius 1 is 0.667 bits per heavy atom. The summed E-state index contributed by atoms with van der Waals surface area (Å²) < 4.78 is 2.05. The molecule has 192 valence electrons. The first-order chi connectivity index (χ1) is 17.5. The molecule has 0 saturated carbocycles. The molecule has 2 aromatic carbocycles. The van der Waals surface area contributed by atoms with Crippen LogP contribution in [-0.4, -0.2) is 74.0 Å². The minimum atomic E-state index is -0.0568. The van der Waals surface area contributed by atoms with Crippen molar-refractivity contribution in [3.05, 3.63) is 80.8 Å². The second-order valence-electron chi connectivity index (χ2n) is 8.74. The van der Waals surface area contributed by atoms with E-state index in [2.05, 4.69) is 52.3 Å². The Bertz CT molecular complexity index is 931. The summed E-state index contributed by atoms with van der Waals surface area (Å²) in [5.74, 6) is -0.114. The average Bonchev–Trinajstić information content (AvgIpc) is 2.89. The van der Waals surface area contributed by atoms with Crippen molar-refractivity contribution >= 4 is 55.8 Å². The molecular weight excluding hydrogens is 584 g/mol. The third-order valence-corrected chi connectivity index (χ3v) is 7.02. The molecule has 1 fully saturated rings. The molecule has 3 rings (SSSR count). The second kappa shape index (κ2) is 15.8. The van der Waals surface area contributed by atoms with Crippen LogP contribution in [0.2, 0.25) is 0 Å². The Labute approximate surface area is 231 Å². The Morgan fingerprint density at radius 3 is 1.39 bits per heavy atom. The van der Waals surface area contributed by atoms with Gasteiger partial charge in [0.15, 0.2) is 0 Å². The number of carbonyl (C=O) groups excluding carboxylic acids is 2. The molecule has 0 atom stereocenters. The predicted octanol–water partition coefficient (Wildman–Crippen LogP) is 4.57. The van der Waals surface area contributed by atoms with Gasteiger partial charge in [-0.1, -0.05) is 56.1 Å². The molecule has 0 bridgehead atoms. The van der Waals surface area contributed by atoms with Gasteiger partial charge in [-0.25, -0.2) is 0 Å². The molecule has 36 heavy (non-hydrogen) atoms. The van der Waals surface area contributed by atoms with Crippen molar-refractivity contribution in [2.45, 2.75) is 12.8 Å². The molecule has 1 heterocycles. The Morgan fingerprint density at radius 2 is 1.03 bits per heavy atom. The summed E-state index contributed by atoms with van der Waals surface area (Å²) in [5.41, 5.74) is 2.00. The molecule has 0 spiro atoms. The van der Waals surface area contributed by atoms with Gasteiger partial charge >= 0.3 is 0 Å². The predicted molar refractivity (Wildman–Crippen MR) is 154 cm³/mol. The molecule has 0 radical (unpaired) electrons. The van der Waals surface area contributed by atoms with Gasteiger partial charge in [0.1, 0.15) is 0 Å². The number of piperazine rings is 1. The zero-order valence-corrected chi connectivity index (χ0v) is 23.6. The van der Waals surface area contributed by atoms with Crippen molar-refractivity contribution in [1.29, 1.82) is 0 Å². The van der Waals surface area contributed by atoms with Crippen LogP contribution in [0, 0.1) is 0 Å². The van der Waals surface area contributed by atoms with Gasteiger partial charge in [-0.2, -0.15) is 0 Å². The highest BCUT2D eigenvalue weighted by Gasteiger charge is 2.15. The number of nitrogens with zero attached hydrogens (tertiary/aromatic N) is 2. The van der Waals surface area contributed by atoms with E-state index in [1.807, 2.05) is 60.7 Å². The number of benzene rings is 2. The van der Waals surface area contributed by atoms with Crippen LogP contribution >= 0.6 is 31.9 Å². The van der Waals surface area contributed by atoms with Crippen LogP contribution in [-0.2, 0) is 9.59 Å². The van der Waals surface area contributed by atoms with Gasteiger partial charge in [0.2, 0.25) is 11.8 Å². The van der Waals surface area contributed by atoms with E-state index in [0.717, 1.165) is 72.2 Å². The van der Waals surface area contributed by atoms with Crippen LogP contribution in [0.4, 0.5) is 0 Å². The van der Waals surface area contributed by atoms with E-state index in [-0.39, 0.29) is 11.8 Å². The van der Waals surface area contributed by atoms with E-state index in [0.29, 0.717) is 13.1 Å². The lowest BCUT2D eigenvalue weighted by molar-refractivity contribution is -0.117. The molecule has 2 aromatic rings. The summed E-state index contributed by atoms with van der Waals surface area (Å²) in [6, 6.07) is 15.7. The Hall–Kier alpha value is -2.26. The zero-order chi connectivity index (χ0) is 25.6. The van der Waals surface area contributed by atoms with Crippen LogP contribution in [0.1, 0.15) is 24.0 Å². The fourth-order valence-electron chi connectivity index (χ4n) is 3.87. The van der Waals surface area contributed by atoms with Crippen molar-refractivity contribution in [2.75, 3.05) is 52.4 Å². The van der Waals surface area contributed by atoms with Gasteiger partial charge < -0.3 is 20.4 Å². The minimum Gasteiger partial charge on any atom is -0.353 e. The molecule has 0 aromatic heterocycles. The van der Waals surface area contributed by atoms with E-state index in [9.17, 15) is 9.59 Å². The summed E-state index contributed by atoms with van der Waals surface area (Å²) in [6.45, 7) is 7.51. The fraction of sp³-hybridized carbons (Fsp3) is 0.357. The number of amides is 2. The van der Waals surface area contributed by atoms with E-state index in [4.69, 9.17) is 0 Å². The first-order valence-electron chi connectivity index (χ1n) is 12.4. The first kappa shape index (κ1) is 28.3. The number of halogens is 2. The topological polar surface area (TPSA) is 64.7 Å². The van der Waals surface area contributed by atoms with Crippen LogP contribution in [0.25, 0.3) is 12.2 Å². The fourth-order valence-corrected chi connectivity index (χ4v) is 4.40. The summed E-state index contributed by atoms with van der Waals surface area (Å²) >= 11 is 6.82. The lowest BCUT2D eigenvalue weighted by atomic mass is 10.2. The first-order valence-corrected chi connectivity index (χ1v) is 13.9. The third kappa shape index (κ3) is 11.2. The smallest absolute Gasteiger partial charge is 0.243 e. The highest BCUT2D eigenvalue weighted by atomic mass is 79.9. The highest BCUT2D eigenvalue weighted by Crippen LogP contribution is 2.12. The van der Waals surface area contributed by atoms with Gasteiger partial charge in [-0.3, -0.25) is 9.59 Å². The number of hydrogen-bond acceptors (Lipinski definition) is 4. The number of carbonyl (C=O) groups is 2. The molecule has 1 aliphatic heterocycles. The van der Waals surface area contributed by atoms with Crippen LogP contribution in [0.3, 0.4) is 0 Å². The maximum atomic E-state index is 12.0. The largest absolute Gasteiger partial charge is 0.353 e. The molecule has 6 nitrogen and oxygen atoms in total. The monoisotopic (exact) mass is 616 g/mol. The van der Waals surface area contributed by atoms with Crippen molar-refractivity contribution in [1.82, 2.24) is 20.4 Å². The average molecular weight is 618 g/mol. The molecule has 0 aliphatic carbocycles. The van der Waals surface area contributed by atoms with Crippen LogP contribution in [0.15, 0.2) is 69.6 Å². The number of nitrogens with one attached hydrogen (secondary N) is 2. The highest BCUT2D eigenvalue weighted by molar-refractivity contribution is 9.10. The summed E-state index contributed by atoms with van der Waals surface area (Å²) in [7, 11) is 0. The van der Waals surface area contributed by atoms with E-state index >= 15 is 0 Å². The molecule has 0 unspecified atom stereocenters. The molecule has 8 heteroatoms. The van der Waals surface area contributed by atoms with Gasteiger partial charge in [0.05, 0.1) is 0 Å². The second-order valence-corrected chi connectivity index (χ2v) is 10.6. The zero-order valence-electron chi connectivity index (χ0n) is 20.5. The molecule has 1 saturated heterocycles. The van der Waals surface area contributed by atoms with Gasteiger partial charge in [0, 0.05) is 60.4 Å². The molecule has 1 aliphatic rings. The van der Waals surface area contributed by atoms with Crippen molar-refractivity contribution < 1.29 is 9.59 Å². The Balaban J connectivity index is 1.19. The van der Waals surface area contributed by atoms with Crippen molar-refractivity contribution in [2.24, 2.45) is 0 Å². The SMILES string of the molecule is O=C(C=Cc1ccc(Br)cc1)NCCCN1CCN(CCCNC(=O)C=Cc2ccc(Br)cc2)CC1. The van der Waals surface area contributed by atoms with Gasteiger partial charge in [-0.15, -0.1) is 0 Å². The van der Waals surface area contributed by atoms with Gasteiger partial charge in [0.25, 0.3) is 0 Å². The van der Waals surface area contributed by atoms with Crippen molar-refractivity contribution in [3.8, 4) is 0 Å². The molecular formula is C28H34Br2N4O2. The number of hydrogen-bond donors (Lipinski definition) is 2. The van der Waals surface area contributed by atoms with Gasteiger partial charge in [-0.05, 0) is 73.5 Å². The standard InChI is InChI=1S/C28H34Br2N4O2/c29-25-9-3-23(4-10-25)7-13-27(35)31-15-1-17-33-19-21-34(22-20-33)18-2-16-32-28(36)14-8-24-5-11-26(30)12-6-24/h3-14H,1-2,15-22H2,(H,31,35)(H,32,36). The maximum Gasteiger partial charge on any atom is 0.243 e. The number of rotatable bonds is 12.